The fourth-order valence-electron chi connectivity index (χ4n) is 2.37. The van der Waals surface area contributed by atoms with E-state index in [9.17, 15) is 9.59 Å². The predicted molar refractivity (Wildman–Crippen MR) is 101 cm³/mol. The van der Waals surface area contributed by atoms with Crippen molar-refractivity contribution in [3.63, 3.8) is 0 Å². The molecule has 136 valence electrons. The van der Waals surface area contributed by atoms with Crippen molar-refractivity contribution >= 4 is 29.1 Å². The minimum absolute atomic E-state index is 0.153. The van der Waals surface area contributed by atoms with Crippen molar-refractivity contribution in [1.29, 1.82) is 0 Å². The number of amides is 1. The van der Waals surface area contributed by atoms with Gasteiger partial charge in [-0.25, -0.2) is 0 Å². The molecular formula is C17H20N6O2S. The number of hydrogen-bond acceptors (Lipinski definition) is 6. The van der Waals surface area contributed by atoms with Gasteiger partial charge in [0.2, 0.25) is 11.1 Å². The third kappa shape index (κ3) is 3.93. The second-order valence-electron chi connectivity index (χ2n) is 6.98. The predicted octanol–water partition coefficient (Wildman–Crippen LogP) is 2.15. The van der Waals surface area contributed by atoms with E-state index in [1.54, 1.807) is 0 Å². The van der Waals surface area contributed by atoms with Gasteiger partial charge in [-0.05, 0) is 24.6 Å². The van der Waals surface area contributed by atoms with E-state index in [1.165, 1.54) is 16.3 Å². The zero-order valence-electron chi connectivity index (χ0n) is 15.0. The van der Waals surface area contributed by atoms with Crippen molar-refractivity contribution in [1.82, 2.24) is 24.8 Å². The zero-order valence-corrected chi connectivity index (χ0v) is 15.8. The molecule has 8 nitrogen and oxygen atoms in total. The standard InChI is InChI=1S/C17H20N6O2S/c1-10-6-5-7-11(8-10)18-12(24)9-26-16-21-20-15-19-14(25)13(17(2,3)4)22-23(15)16/h5-8H,9H2,1-4H3,(H,18,24)(H,19,20,25). The Hall–Kier alpha value is -2.68. The maximum absolute atomic E-state index is 12.2. The first-order valence-electron chi connectivity index (χ1n) is 8.09. The lowest BCUT2D eigenvalue weighted by molar-refractivity contribution is -0.113. The van der Waals surface area contributed by atoms with E-state index in [4.69, 9.17) is 0 Å². The number of hydrogen-bond donors (Lipinski definition) is 2. The summed E-state index contributed by atoms with van der Waals surface area (Å²) in [6, 6.07) is 7.59. The van der Waals surface area contributed by atoms with Crippen molar-refractivity contribution in [3.8, 4) is 0 Å². The van der Waals surface area contributed by atoms with E-state index in [0.29, 0.717) is 10.9 Å². The van der Waals surface area contributed by atoms with Crippen LogP contribution in [-0.4, -0.2) is 36.5 Å². The molecule has 9 heteroatoms. The highest BCUT2D eigenvalue weighted by atomic mass is 32.2. The molecule has 0 saturated carbocycles. The molecule has 0 fully saturated rings. The van der Waals surface area contributed by atoms with Crippen LogP contribution in [0.15, 0.2) is 34.2 Å². The Labute approximate surface area is 154 Å². The molecule has 2 aromatic heterocycles. The van der Waals surface area contributed by atoms with Crippen molar-refractivity contribution in [2.24, 2.45) is 0 Å². The maximum Gasteiger partial charge on any atom is 0.274 e. The van der Waals surface area contributed by atoms with Gasteiger partial charge in [0.15, 0.2) is 0 Å². The topological polar surface area (TPSA) is 105 Å². The number of aromatic amines is 1. The number of aryl methyl sites for hydroxylation is 1. The lowest BCUT2D eigenvalue weighted by atomic mass is 9.93. The molecule has 0 aliphatic carbocycles. The van der Waals surface area contributed by atoms with E-state index >= 15 is 0 Å². The Balaban J connectivity index is 1.76. The van der Waals surface area contributed by atoms with Crippen LogP contribution in [0.2, 0.25) is 0 Å². The summed E-state index contributed by atoms with van der Waals surface area (Å²) in [5, 5.41) is 15.6. The van der Waals surface area contributed by atoms with Crippen LogP contribution in [0.5, 0.6) is 0 Å². The Bertz CT molecular complexity index is 1020. The Kier molecular flexibility index (Phi) is 4.82. The van der Waals surface area contributed by atoms with Gasteiger partial charge in [-0.1, -0.05) is 44.7 Å². The Morgan fingerprint density at radius 2 is 2.08 bits per heavy atom. The van der Waals surface area contributed by atoms with E-state index in [-0.39, 0.29) is 23.0 Å². The number of nitrogens with one attached hydrogen (secondary N) is 2. The van der Waals surface area contributed by atoms with Gasteiger partial charge in [0.05, 0.1) is 5.75 Å². The quantitative estimate of drug-likeness (QED) is 0.680. The van der Waals surface area contributed by atoms with Crippen molar-refractivity contribution < 1.29 is 4.79 Å². The lowest BCUT2D eigenvalue weighted by Gasteiger charge is -2.15. The zero-order chi connectivity index (χ0) is 18.9. The van der Waals surface area contributed by atoms with Gasteiger partial charge in [-0.3, -0.25) is 14.6 Å². The van der Waals surface area contributed by atoms with Gasteiger partial charge in [-0.2, -0.15) is 9.61 Å². The fraction of sp³-hybridized carbons (Fsp3) is 0.353. The largest absolute Gasteiger partial charge is 0.325 e. The number of nitrogens with zero attached hydrogens (tertiary/aromatic N) is 4. The summed E-state index contributed by atoms with van der Waals surface area (Å²) >= 11 is 1.21. The van der Waals surface area contributed by atoms with Crippen LogP contribution in [0, 0.1) is 6.92 Å². The number of fused-ring (bicyclic) bond motifs is 1. The average molecular weight is 372 g/mol. The van der Waals surface area contributed by atoms with Crippen LogP contribution in [0.3, 0.4) is 0 Å². The molecule has 0 bridgehead atoms. The molecular weight excluding hydrogens is 352 g/mol. The van der Waals surface area contributed by atoms with Crippen molar-refractivity contribution in [2.45, 2.75) is 38.3 Å². The average Bonchev–Trinajstić information content (AvgIpc) is 2.93. The molecule has 2 N–H and O–H groups in total. The summed E-state index contributed by atoms with van der Waals surface area (Å²) in [7, 11) is 0. The monoisotopic (exact) mass is 372 g/mol. The molecule has 26 heavy (non-hydrogen) atoms. The molecule has 0 aliphatic heterocycles. The van der Waals surface area contributed by atoms with Gasteiger partial charge in [0.1, 0.15) is 5.69 Å². The lowest BCUT2D eigenvalue weighted by Crippen LogP contribution is -2.28. The first kappa shape index (κ1) is 18.1. The Morgan fingerprint density at radius 3 is 2.77 bits per heavy atom. The summed E-state index contributed by atoms with van der Waals surface area (Å²) in [5.74, 6) is 0.253. The van der Waals surface area contributed by atoms with Crippen LogP contribution in [0.25, 0.3) is 5.78 Å². The molecule has 0 unspecified atom stereocenters. The van der Waals surface area contributed by atoms with Gasteiger partial charge in [-0.15, -0.1) is 10.2 Å². The van der Waals surface area contributed by atoms with E-state index in [1.807, 2.05) is 52.0 Å². The number of benzene rings is 1. The molecule has 0 saturated heterocycles. The summed E-state index contributed by atoms with van der Waals surface area (Å²) in [5.41, 5.74) is 1.50. The smallest absolute Gasteiger partial charge is 0.274 e. The molecule has 3 aromatic rings. The van der Waals surface area contributed by atoms with Gasteiger partial charge >= 0.3 is 0 Å². The minimum atomic E-state index is -0.420. The first-order chi connectivity index (χ1) is 12.2. The number of carbonyl (C=O) groups is 1. The van der Waals surface area contributed by atoms with E-state index in [2.05, 4.69) is 25.6 Å². The van der Waals surface area contributed by atoms with Crippen molar-refractivity contribution in [2.75, 3.05) is 11.1 Å². The summed E-state index contributed by atoms with van der Waals surface area (Å²) in [6.07, 6.45) is 0. The van der Waals surface area contributed by atoms with Gasteiger partial charge < -0.3 is 5.32 Å². The van der Waals surface area contributed by atoms with Crippen LogP contribution in [0.1, 0.15) is 32.0 Å². The maximum atomic E-state index is 12.2. The summed E-state index contributed by atoms with van der Waals surface area (Å²) < 4.78 is 1.46. The highest BCUT2D eigenvalue weighted by molar-refractivity contribution is 7.99. The first-order valence-corrected chi connectivity index (χ1v) is 9.08. The molecule has 2 heterocycles. The molecule has 1 amide bonds. The number of carbonyl (C=O) groups excluding carboxylic acids is 1. The van der Waals surface area contributed by atoms with Gasteiger partial charge in [0, 0.05) is 11.1 Å². The third-order valence-electron chi connectivity index (χ3n) is 3.60. The molecule has 3 rings (SSSR count). The number of rotatable bonds is 4. The summed E-state index contributed by atoms with van der Waals surface area (Å²) in [4.78, 5) is 27.0. The number of anilines is 1. The van der Waals surface area contributed by atoms with E-state index < -0.39 is 5.41 Å². The summed E-state index contributed by atoms with van der Waals surface area (Å²) in [6.45, 7) is 7.68. The molecule has 0 radical (unpaired) electrons. The number of aromatic nitrogens is 5. The highest BCUT2D eigenvalue weighted by Gasteiger charge is 2.22. The third-order valence-corrected chi connectivity index (χ3v) is 4.52. The SMILES string of the molecule is Cc1cccc(NC(=O)CSc2nnc3[nH]c(=O)c(C(C)(C)C)nn23)c1. The molecule has 0 atom stereocenters. The second-order valence-corrected chi connectivity index (χ2v) is 7.92. The van der Waals surface area contributed by atoms with Crippen molar-refractivity contribution in [3.05, 3.63) is 45.9 Å². The van der Waals surface area contributed by atoms with Crippen LogP contribution in [0.4, 0.5) is 5.69 Å². The molecule has 0 aliphatic rings. The minimum Gasteiger partial charge on any atom is -0.325 e. The number of thioether (sulfide) groups is 1. The molecule has 1 aromatic carbocycles. The van der Waals surface area contributed by atoms with E-state index in [0.717, 1.165) is 11.3 Å². The fourth-order valence-corrected chi connectivity index (χ4v) is 3.05. The number of H-pyrrole nitrogens is 1. The van der Waals surface area contributed by atoms with Crippen LogP contribution < -0.4 is 10.9 Å². The normalized spacial score (nSPS) is 11.7. The van der Waals surface area contributed by atoms with Gasteiger partial charge in [0.25, 0.3) is 11.3 Å². The van der Waals surface area contributed by atoms with Crippen LogP contribution in [-0.2, 0) is 10.2 Å². The highest BCUT2D eigenvalue weighted by Crippen LogP contribution is 2.19. The molecule has 0 spiro atoms. The van der Waals surface area contributed by atoms with Crippen LogP contribution >= 0.6 is 11.8 Å². The second kappa shape index (κ2) is 6.91. The Morgan fingerprint density at radius 1 is 1.31 bits per heavy atom.